The SMILES string of the molecule is CCN(C)S(=O)(=O)NC(=O)c1cnc2ccc(N3CCCC3c3cc(F)ccc3OCCF)cn12. The summed E-state index contributed by atoms with van der Waals surface area (Å²) in [4.78, 5) is 19.0. The third-order valence-corrected chi connectivity index (χ3v) is 7.57. The van der Waals surface area contributed by atoms with Crippen LogP contribution in [-0.2, 0) is 10.2 Å². The van der Waals surface area contributed by atoms with Gasteiger partial charge < -0.3 is 9.64 Å². The van der Waals surface area contributed by atoms with E-state index in [4.69, 9.17) is 4.74 Å². The quantitative estimate of drug-likeness (QED) is 0.478. The smallest absolute Gasteiger partial charge is 0.303 e. The van der Waals surface area contributed by atoms with Crippen LogP contribution in [0.25, 0.3) is 5.65 Å². The Kier molecular flexibility index (Phi) is 7.22. The molecule has 1 N–H and O–H groups in total. The zero-order valence-electron chi connectivity index (χ0n) is 19.4. The molecule has 35 heavy (non-hydrogen) atoms. The van der Waals surface area contributed by atoms with E-state index in [0.717, 1.165) is 22.8 Å². The molecule has 0 spiro atoms. The molecule has 1 unspecified atom stereocenters. The maximum atomic E-state index is 14.1. The number of nitrogens with one attached hydrogen (secondary N) is 1. The Hall–Kier alpha value is -3.25. The average molecular weight is 508 g/mol. The molecule has 0 bridgehead atoms. The second kappa shape index (κ2) is 10.2. The molecule has 3 aromatic rings. The van der Waals surface area contributed by atoms with Gasteiger partial charge in [-0.25, -0.2) is 18.5 Å². The van der Waals surface area contributed by atoms with Crippen LogP contribution in [0.15, 0.2) is 42.7 Å². The largest absolute Gasteiger partial charge is 0.490 e. The monoisotopic (exact) mass is 507 g/mol. The number of pyridine rings is 1. The maximum Gasteiger partial charge on any atom is 0.303 e. The van der Waals surface area contributed by atoms with Crippen molar-refractivity contribution >= 4 is 27.5 Å². The molecule has 1 aromatic carbocycles. The van der Waals surface area contributed by atoms with Crippen LogP contribution in [0.4, 0.5) is 14.5 Å². The van der Waals surface area contributed by atoms with Gasteiger partial charge in [-0.2, -0.15) is 12.7 Å². The van der Waals surface area contributed by atoms with Gasteiger partial charge in [0, 0.05) is 31.9 Å². The standard InChI is InChI=1S/C23H27F2N5O4S/c1-3-28(2)35(32,33)27-23(31)20-14-26-22-9-7-17(15-30(20)22)29-11-4-5-19(29)18-13-16(25)6-8-21(18)34-12-10-24/h6-9,13-15,19H,3-5,10-12H2,1-2H3,(H,27,31). The van der Waals surface area contributed by atoms with Crippen LogP contribution >= 0.6 is 0 Å². The number of hydrogen-bond donors (Lipinski definition) is 1. The summed E-state index contributed by atoms with van der Waals surface area (Å²) >= 11 is 0. The number of aromatic nitrogens is 2. The fourth-order valence-electron chi connectivity index (χ4n) is 4.18. The summed E-state index contributed by atoms with van der Waals surface area (Å²) in [6, 6.07) is 7.53. The molecule has 1 amide bonds. The van der Waals surface area contributed by atoms with Gasteiger partial charge >= 0.3 is 10.2 Å². The lowest BCUT2D eigenvalue weighted by atomic mass is 10.0. The van der Waals surface area contributed by atoms with Crippen LogP contribution in [0.1, 0.15) is 41.9 Å². The van der Waals surface area contributed by atoms with Crippen molar-refractivity contribution in [3.8, 4) is 5.75 Å². The topological polar surface area (TPSA) is 96.2 Å². The van der Waals surface area contributed by atoms with Crippen LogP contribution < -0.4 is 14.4 Å². The fraction of sp³-hybridized carbons (Fsp3) is 0.391. The first kappa shape index (κ1) is 24.9. The van der Waals surface area contributed by atoms with E-state index in [1.54, 1.807) is 19.2 Å². The first-order valence-corrected chi connectivity index (χ1v) is 12.7. The van der Waals surface area contributed by atoms with Crippen LogP contribution in [0, 0.1) is 5.82 Å². The molecule has 4 rings (SSSR count). The Morgan fingerprint density at radius 1 is 1.31 bits per heavy atom. The summed E-state index contributed by atoms with van der Waals surface area (Å²) in [5.74, 6) is -0.795. The molecular formula is C23H27F2N5O4S. The Labute approximate surface area is 202 Å². The molecule has 1 saturated heterocycles. The highest BCUT2D eigenvalue weighted by Crippen LogP contribution is 2.40. The molecule has 0 aliphatic carbocycles. The Morgan fingerprint density at radius 3 is 2.86 bits per heavy atom. The van der Waals surface area contributed by atoms with Crippen LogP contribution in [0.5, 0.6) is 5.75 Å². The number of halogens is 2. The number of amides is 1. The van der Waals surface area contributed by atoms with E-state index in [1.165, 1.54) is 35.8 Å². The highest BCUT2D eigenvalue weighted by atomic mass is 32.2. The Balaban J connectivity index is 1.67. The first-order valence-electron chi connectivity index (χ1n) is 11.3. The van der Waals surface area contributed by atoms with Crippen molar-refractivity contribution in [1.82, 2.24) is 18.4 Å². The molecule has 0 radical (unpaired) electrons. The third-order valence-electron chi connectivity index (χ3n) is 6.05. The van der Waals surface area contributed by atoms with Gasteiger partial charge in [-0.05, 0) is 43.2 Å². The lowest BCUT2D eigenvalue weighted by Gasteiger charge is -2.28. The summed E-state index contributed by atoms with van der Waals surface area (Å²) < 4.78 is 61.6. The summed E-state index contributed by atoms with van der Waals surface area (Å²) in [6.45, 7) is 1.75. The van der Waals surface area contributed by atoms with E-state index in [2.05, 4.69) is 14.6 Å². The normalized spacial score (nSPS) is 16.3. The van der Waals surface area contributed by atoms with Crippen molar-refractivity contribution in [2.24, 2.45) is 0 Å². The van der Waals surface area contributed by atoms with E-state index in [9.17, 15) is 22.0 Å². The second-order valence-electron chi connectivity index (χ2n) is 8.18. The number of ether oxygens (including phenoxy) is 1. The predicted octanol–water partition coefficient (Wildman–Crippen LogP) is 3.09. The number of imidazole rings is 1. The van der Waals surface area contributed by atoms with Crippen LogP contribution in [0.3, 0.4) is 0 Å². The molecule has 1 aliphatic heterocycles. The van der Waals surface area contributed by atoms with Gasteiger partial charge in [0.05, 0.1) is 17.9 Å². The molecular weight excluding hydrogens is 480 g/mol. The van der Waals surface area contributed by atoms with Gasteiger partial charge in [0.2, 0.25) is 0 Å². The van der Waals surface area contributed by atoms with Gasteiger partial charge in [0.1, 0.15) is 36.2 Å². The van der Waals surface area contributed by atoms with Crippen molar-refractivity contribution < 1.29 is 26.7 Å². The summed E-state index contributed by atoms with van der Waals surface area (Å²) in [5.41, 5.74) is 1.88. The van der Waals surface area contributed by atoms with E-state index >= 15 is 0 Å². The minimum absolute atomic E-state index is 0.0587. The average Bonchev–Trinajstić information content (AvgIpc) is 3.49. The lowest BCUT2D eigenvalue weighted by Crippen LogP contribution is -2.41. The number of benzene rings is 1. The highest BCUT2D eigenvalue weighted by molar-refractivity contribution is 7.87. The maximum absolute atomic E-state index is 14.1. The lowest BCUT2D eigenvalue weighted by molar-refractivity contribution is 0.0974. The zero-order valence-corrected chi connectivity index (χ0v) is 20.3. The van der Waals surface area contributed by atoms with Gasteiger partial charge in [-0.15, -0.1) is 0 Å². The number of carbonyl (C=O) groups excluding carboxylic acids is 1. The number of alkyl halides is 1. The summed E-state index contributed by atoms with van der Waals surface area (Å²) in [6.07, 6.45) is 4.58. The molecule has 9 nitrogen and oxygen atoms in total. The molecule has 1 aliphatic rings. The molecule has 2 aromatic heterocycles. The van der Waals surface area contributed by atoms with E-state index in [0.29, 0.717) is 23.5 Å². The molecule has 12 heteroatoms. The van der Waals surface area contributed by atoms with Gasteiger partial charge in [-0.1, -0.05) is 6.92 Å². The van der Waals surface area contributed by atoms with Crippen LogP contribution in [-0.4, -0.2) is 61.4 Å². The highest BCUT2D eigenvalue weighted by Gasteiger charge is 2.30. The Morgan fingerprint density at radius 2 is 2.11 bits per heavy atom. The van der Waals surface area contributed by atoms with Crippen LogP contribution in [0.2, 0.25) is 0 Å². The number of carbonyl (C=O) groups is 1. The fourth-order valence-corrected chi connectivity index (χ4v) is 5.02. The van der Waals surface area contributed by atoms with E-state index < -0.39 is 28.6 Å². The van der Waals surface area contributed by atoms with Gasteiger partial charge in [0.25, 0.3) is 5.91 Å². The number of anilines is 1. The summed E-state index contributed by atoms with van der Waals surface area (Å²) in [7, 11) is -2.62. The Bertz CT molecular complexity index is 1330. The minimum atomic E-state index is -3.99. The van der Waals surface area contributed by atoms with Gasteiger partial charge in [0.15, 0.2) is 0 Å². The van der Waals surface area contributed by atoms with Gasteiger partial charge in [-0.3, -0.25) is 9.20 Å². The van der Waals surface area contributed by atoms with Crippen molar-refractivity contribution in [2.75, 3.05) is 38.3 Å². The third kappa shape index (κ3) is 5.08. The van der Waals surface area contributed by atoms with Crippen molar-refractivity contribution in [3.63, 3.8) is 0 Å². The van der Waals surface area contributed by atoms with E-state index in [1.807, 2.05) is 6.07 Å². The van der Waals surface area contributed by atoms with Crippen molar-refractivity contribution in [2.45, 2.75) is 25.8 Å². The first-order chi connectivity index (χ1) is 16.7. The van der Waals surface area contributed by atoms with Crippen molar-refractivity contribution in [3.05, 3.63) is 59.8 Å². The number of rotatable bonds is 9. The van der Waals surface area contributed by atoms with E-state index in [-0.39, 0.29) is 24.9 Å². The molecule has 0 saturated carbocycles. The molecule has 188 valence electrons. The number of fused-ring (bicyclic) bond motifs is 1. The zero-order chi connectivity index (χ0) is 25.2. The van der Waals surface area contributed by atoms with Crippen molar-refractivity contribution in [1.29, 1.82) is 0 Å². The number of nitrogens with zero attached hydrogens (tertiary/aromatic N) is 4. The summed E-state index contributed by atoms with van der Waals surface area (Å²) in [5, 5.41) is 0. The molecule has 1 fully saturated rings. The number of hydrogen-bond acceptors (Lipinski definition) is 6. The minimum Gasteiger partial charge on any atom is -0.490 e. The predicted molar refractivity (Wildman–Crippen MR) is 127 cm³/mol. The molecule has 3 heterocycles. The molecule has 1 atom stereocenters. The second-order valence-corrected chi connectivity index (χ2v) is 9.96.